The van der Waals surface area contributed by atoms with Gasteiger partial charge in [0.15, 0.2) is 0 Å². The van der Waals surface area contributed by atoms with Gasteiger partial charge in [0.1, 0.15) is 5.52 Å². The number of fused-ring (bicyclic) bond motifs is 1. The second kappa shape index (κ2) is 7.55. The molecule has 0 radical (unpaired) electrons. The maximum Gasteiger partial charge on any atom is 0.223 e. The Hall–Kier alpha value is -2.25. The highest BCUT2D eigenvalue weighted by Gasteiger charge is 2.34. The number of anilines is 1. The molecule has 26 heavy (non-hydrogen) atoms. The van der Waals surface area contributed by atoms with E-state index >= 15 is 0 Å². The van der Waals surface area contributed by atoms with Gasteiger partial charge in [-0.3, -0.25) is 9.78 Å². The van der Waals surface area contributed by atoms with Crippen molar-refractivity contribution in [1.82, 2.24) is 14.9 Å². The zero-order valence-electron chi connectivity index (χ0n) is 15.5. The lowest BCUT2D eigenvalue weighted by Gasteiger charge is -2.41. The van der Waals surface area contributed by atoms with Crippen molar-refractivity contribution in [3.05, 3.63) is 30.1 Å². The largest absolute Gasteiger partial charge is 0.388 e. The van der Waals surface area contributed by atoms with Crippen LogP contribution < -0.4 is 10.6 Å². The van der Waals surface area contributed by atoms with E-state index in [0.717, 1.165) is 22.4 Å². The molecule has 0 aromatic carbocycles. The van der Waals surface area contributed by atoms with Crippen molar-refractivity contribution in [3.8, 4) is 0 Å². The number of nitrogens with zero attached hydrogens (tertiary/aromatic N) is 4. The average molecular weight is 357 g/mol. The van der Waals surface area contributed by atoms with Crippen LogP contribution in [0.3, 0.4) is 0 Å². The van der Waals surface area contributed by atoms with Gasteiger partial charge in [0.2, 0.25) is 5.91 Å². The lowest BCUT2D eigenvalue weighted by Crippen LogP contribution is -2.51. The number of piperidine rings is 1. The van der Waals surface area contributed by atoms with Crippen molar-refractivity contribution in [3.63, 3.8) is 0 Å². The number of aliphatic hydroxyl groups is 1. The minimum absolute atomic E-state index is 0.0249. The molecule has 1 saturated heterocycles. The fourth-order valence-corrected chi connectivity index (χ4v) is 3.53. The van der Waals surface area contributed by atoms with Gasteiger partial charge in [-0.05, 0) is 38.0 Å². The molecule has 0 bridgehead atoms. The fraction of sp³-hybridized carbons (Fsp3) is 0.526. The fourth-order valence-electron chi connectivity index (χ4n) is 3.53. The Morgan fingerprint density at radius 2 is 2.08 bits per heavy atom. The number of nitrogens with two attached hydrogens (primary N) is 1. The van der Waals surface area contributed by atoms with Crippen LogP contribution in [-0.4, -0.2) is 64.7 Å². The standard InChI is InChI=1S/C19H27N5O2/c1-14-3-4-15-18(22-14)16(6-10-21-15)24-11-7-19(26,8-12-24)13-23(2)17(25)5-9-20/h3-4,6,10,26H,5,7-9,11-13,20H2,1-2H3. The van der Waals surface area contributed by atoms with E-state index in [1.807, 2.05) is 25.1 Å². The van der Waals surface area contributed by atoms with E-state index in [9.17, 15) is 9.90 Å². The summed E-state index contributed by atoms with van der Waals surface area (Å²) >= 11 is 0. The lowest BCUT2D eigenvalue weighted by atomic mass is 9.90. The van der Waals surface area contributed by atoms with Crippen LogP contribution in [0.5, 0.6) is 0 Å². The van der Waals surface area contributed by atoms with E-state index in [4.69, 9.17) is 5.73 Å². The third-order valence-corrected chi connectivity index (χ3v) is 5.05. The molecule has 3 rings (SSSR count). The van der Waals surface area contributed by atoms with Crippen molar-refractivity contribution in [1.29, 1.82) is 0 Å². The first kappa shape index (κ1) is 18.5. The normalized spacial score (nSPS) is 16.7. The molecule has 3 N–H and O–H groups in total. The number of hydrogen-bond donors (Lipinski definition) is 2. The van der Waals surface area contributed by atoms with E-state index < -0.39 is 5.60 Å². The van der Waals surface area contributed by atoms with Crippen molar-refractivity contribution < 1.29 is 9.90 Å². The maximum atomic E-state index is 11.9. The summed E-state index contributed by atoms with van der Waals surface area (Å²) in [5.74, 6) is -0.0249. The number of amides is 1. The topological polar surface area (TPSA) is 95.6 Å². The van der Waals surface area contributed by atoms with Crippen LogP contribution >= 0.6 is 0 Å². The SMILES string of the molecule is Cc1ccc2nccc(N3CCC(O)(CN(C)C(=O)CCN)CC3)c2n1. The maximum absolute atomic E-state index is 11.9. The summed E-state index contributed by atoms with van der Waals surface area (Å²) in [5.41, 5.74) is 8.37. The number of rotatable bonds is 5. The van der Waals surface area contributed by atoms with Crippen molar-refractivity contribution in [2.24, 2.45) is 5.73 Å². The second-order valence-corrected chi connectivity index (χ2v) is 7.15. The highest BCUT2D eigenvalue weighted by Crippen LogP contribution is 2.30. The van der Waals surface area contributed by atoms with Gasteiger partial charge in [0.25, 0.3) is 0 Å². The van der Waals surface area contributed by atoms with E-state index in [1.165, 1.54) is 0 Å². The summed E-state index contributed by atoms with van der Waals surface area (Å²) in [6.07, 6.45) is 3.31. The van der Waals surface area contributed by atoms with Crippen LogP contribution in [0, 0.1) is 6.92 Å². The molecule has 0 aliphatic carbocycles. The van der Waals surface area contributed by atoms with Crippen molar-refractivity contribution >= 4 is 22.6 Å². The summed E-state index contributed by atoms with van der Waals surface area (Å²) in [6, 6.07) is 5.93. The summed E-state index contributed by atoms with van der Waals surface area (Å²) < 4.78 is 0. The summed E-state index contributed by atoms with van der Waals surface area (Å²) in [6.45, 7) is 4.07. The smallest absolute Gasteiger partial charge is 0.223 e. The molecule has 0 saturated carbocycles. The van der Waals surface area contributed by atoms with Gasteiger partial charge < -0.3 is 20.6 Å². The Balaban J connectivity index is 1.71. The molecule has 1 aliphatic heterocycles. The number of pyridine rings is 2. The molecular weight excluding hydrogens is 330 g/mol. The molecule has 7 heteroatoms. The second-order valence-electron chi connectivity index (χ2n) is 7.15. The molecule has 0 spiro atoms. The third kappa shape index (κ3) is 3.94. The van der Waals surface area contributed by atoms with Crippen molar-refractivity contribution in [2.75, 3.05) is 38.1 Å². The van der Waals surface area contributed by atoms with Crippen LogP contribution in [-0.2, 0) is 4.79 Å². The number of hydrogen-bond acceptors (Lipinski definition) is 6. The van der Waals surface area contributed by atoms with Crippen LogP contribution in [0.4, 0.5) is 5.69 Å². The quantitative estimate of drug-likeness (QED) is 0.831. The Bertz CT molecular complexity index is 787. The highest BCUT2D eigenvalue weighted by atomic mass is 16.3. The zero-order chi connectivity index (χ0) is 18.7. The van der Waals surface area contributed by atoms with E-state index in [1.54, 1.807) is 18.1 Å². The van der Waals surface area contributed by atoms with Gasteiger partial charge in [-0.2, -0.15) is 0 Å². The Morgan fingerprint density at radius 3 is 2.77 bits per heavy atom. The van der Waals surface area contributed by atoms with Crippen LogP contribution in [0.15, 0.2) is 24.4 Å². The van der Waals surface area contributed by atoms with Gasteiger partial charge >= 0.3 is 0 Å². The Morgan fingerprint density at radius 1 is 1.35 bits per heavy atom. The molecule has 2 aromatic heterocycles. The molecule has 2 aromatic rings. The minimum Gasteiger partial charge on any atom is -0.388 e. The minimum atomic E-state index is -0.859. The number of carbonyl (C=O) groups excluding carboxylic acids is 1. The van der Waals surface area contributed by atoms with Crippen LogP contribution in [0.1, 0.15) is 25.0 Å². The Kier molecular flexibility index (Phi) is 5.38. The van der Waals surface area contributed by atoms with E-state index in [0.29, 0.717) is 45.4 Å². The van der Waals surface area contributed by atoms with Gasteiger partial charge in [-0.1, -0.05) is 0 Å². The molecular formula is C19H27N5O2. The first-order chi connectivity index (χ1) is 12.4. The van der Waals surface area contributed by atoms with Gasteiger partial charge in [-0.25, -0.2) is 4.98 Å². The number of aromatic nitrogens is 2. The number of aryl methyl sites for hydroxylation is 1. The van der Waals surface area contributed by atoms with Crippen molar-refractivity contribution in [2.45, 2.75) is 31.8 Å². The molecule has 1 amide bonds. The molecule has 140 valence electrons. The highest BCUT2D eigenvalue weighted by molar-refractivity contribution is 5.88. The van der Waals surface area contributed by atoms with Gasteiger partial charge in [0.05, 0.1) is 16.8 Å². The van der Waals surface area contributed by atoms with Crippen LogP contribution in [0.25, 0.3) is 11.0 Å². The molecule has 1 fully saturated rings. The third-order valence-electron chi connectivity index (χ3n) is 5.05. The van der Waals surface area contributed by atoms with Gasteiger partial charge in [0, 0.05) is 51.5 Å². The molecule has 0 atom stereocenters. The Labute approximate surface area is 153 Å². The predicted octanol–water partition coefficient (Wildman–Crippen LogP) is 1.08. The average Bonchev–Trinajstić information content (AvgIpc) is 2.62. The number of likely N-dealkylation sites (N-methyl/N-ethyl adjacent to an activating group) is 1. The summed E-state index contributed by atoms with van der Waals surface area (Å²) in [5, 5.41) is 10.9. The monoisotopic (exact) mass is 357 g/mol. The molecule has 1 aliphatic rings. The van der Waals surface area contributed by atoms with Crippen LogP contribution in [0.2, 0.25) is 0 Å². The van der Waals surface area contributed by atoms with E-state index in [-0.39, 0.29) is 5.91 Å². The predicted molar refractivity (Wildman–Crippen MR) is 102 cm³/mol. The first-order valence-corrected chi connectivity index (χ1v) is 9.06. The molecule has 7 nitrogen and oxygen atoms in total. The zero-order valence-corrected chi connectivity index (χ0v) is 15.5. The first-order valence-electron chi connectivity index (χ1n) is 9.06. The number of carbonyl (C=O) groups is 1. The molecule has 3 heterocycles. The lowest BCUT2D eigenvalue weighted by molar-refractivity contribution is -0.133. The summed E-state index contributed by atoms with van der Waals surface area (Å²) in [7, 11) is 1.73. The summed E-state index contributed by atoms with van der Waals surface area (Å²) in [4.78, 5) is 24.8. The molecule has 0 unspecified atom stereocenters. The van der Waals surface area contributed by atoms with E-state index in [2.05, 4.69) is 14.9 Å². The van der Waals surface area contributed by atoms with Gasteiger partial charge in [-0.15, -0.1) is 0 Å².